The van der Waals surface area contributed by atoms with Gasteiger partial charge in [-0.25, -0.2) is 0 Å². The van der Waals surface area contributed by atoms with Crippen LogP contribution in [-0.2, 0) is 0 Å². The molecule has 0 unspecified atom stereocenters. The molecule has 0 fully saturated rings. The first-order chi connectivity index (χ1) is 5.24. The van der Waals surface area contributed by atoms with Crippen LogP contribution in [0.25, 0.3) is 0 Å². The van der Waals surface area contributed by atoms with Gasteiger partial charge >= 0.3 is 0 Å². The summed E-state index contributed by atoms with van der Waals surface area (Å²) in [4.78, 5) is 0. The van der Waals surface area contributed by atoms with E-state index in [-0.39, 0.29) is 0 Å². The highest BCUT2D eigenvalue weighted by atomic mass is 14.2. The summed E-state index contributed by atoms with van der Waals surface area (Å²) in [5, 5.41) is 8.50. The van der Waals surface area contributed by atoms with Crippen molar-refractivity contribution in [2.75, 3.05) is 0 Å². The van der Waals surface area contributed by atoms with Gasteiger partial charge in [-0.15, -0.1) is 0 Å². The molecule has 0 aliphatic heterocycles. The summed E-state index contributed by atoms with van der Waals surface area (Å²) in [5.41, 5.74) is 2.04. The van der Waals surface area contributed by atoms with E-state index in [1.165, 1.54) is 5.57 Å². The Balaban J connectivity index is 4.22. The summed E-state index contributed by atoms with van der Waals surface area (Å²) in [6.07, 6.45) is 6.21. The maximum absolute atomic E-state index is 8.50. The zero-order chi connectivity index (χ0) is 8.69. The number of allylic oxidation sites excluding steroid dienone is 4. The van der Waals surface area contributed by atoms with Gasteiger partial charge in [-0.2, -0.15) is 5.26 Å². The van der Waals surface area contributed by atoms with Crippen LogP contribution in [-0.4, -0.2) is 0 Å². The third-order valence-corrected chi connectivity index (χ3v) is 1.49. The molecule has 0 aliphatic carbocycles. The van der Waals surface area contributed by atoms with Gasteiger partial charge in [-0.1, -0.05) is 25.0 Å². The average molecular weight is 149 g/mol. The summed E-state index contributed by atoms with van der Waals surface area (Å²) in [6, 6.07) is 2.11. The fourth-order valence-corrected chi connectivity index (χ4v) is 0.899. The normalized spacial score (nSPS) is 12.9. The van der Waals surface area contributed by atoms with Crippen LogP contribution in [0.5, 0.6) is 0 Å². The van der Waals surface area contributed by atoms with Crippen molar-refractivity contribution in [1.82, 2.24) is 0 Å². The van der Waals surface area contributed by atoms with Crippen LogP contribution in [0.2, 0.25) is 0 Å². The van der Waals surface area contributed by atoms with E-state index in [1.54, 1.807) is 0 Å². The second-order valence-electron chi connectivity index (χ2n) is 2.55. The van der Waals surface area contributed by atoms with E-state index in [0.717, 1.165) is 18.4 Å². The number of hydrogen-bond donors (Lipinski definition) is 0. The smallest absolute Gasteiger partial charge is 0.0944 e. The van der Waals surface area contributed by atoms with E-state index in [2.05, 4.69) is 19.1 Å². The van der Waals surface area contributed by atoms with Crippen LogP contribution in [0.15, 0.2) is 23.3 Å². The summed E-state index contributed by atoms with van der Waals surface area (Å²) in [5.74, 6) is 0. The van der Waals surface area contributed by atoms with Gasteiger partial charge in [-0.3, -0.25) is 0 Å². The zero-order valence-electron chi connectivity index (χ0n) is 7.52. The van der Waals surface area contributed by atoms with Gasteiger partial charge in [0, 0.05) is 5.57 Å². The maximum atomic E-state index is 8.50. The Kier molecular flexibility index (Phi) is 5.20. The highest BCUT2D eigenvalue weighted by molar-refractivity contribution is 5.29. The lowest BCUT2D eigenvalue weighted by Crippen LogP contribution is -1.78. The second kappa shape index (κ2) is 5.73. The van der Waals surface area contributed by atoms with Crippen LogP contribution < -0.4 is 0 Å². The molecule has 0 saturated heterocycles. The molecule has 0 aromatic heterocycles. The molecule has 0 N–H and O–H groups in total. The van der Waals surface area contributed by atoms with Crippen LogP contribution in [0.4, 0.5) is 0 Å². The molecule has 0 aromatic carbocycles. The Bertz CT molecular complexity index is 203. The SMILES string of the molecule is C/C=C(\C=C(/C)C#N)CCC. The number of rotatable bonds is 3. The largest absolute Gasteiger partial charge is 0.193 e. The molecule has 0 amide bonds. The van der Waals surface area contributed by atoms with Crippen LogP contribution in [0.3, 0.4) is 0 Å². The Hall–Kier alpha value is -1.03. The van der Waals surface area contributed by atoms with Crippen molar-refractivity contribution >= 4 is 0 Å². The molecule has 0 bridgehead atoms. The van der Waals surface area contributed by atoms with Gasteiger partial charge in [-0.05, 0) is 26.3 Å². The van der Waals surface area contributed by atoms with Crippen molar-refractivity contribution in [2.45, 2.75) is 33.6 Å². The molecule has 0 radical (unpaired) electrons. The molecule has 60 valence electrons. The fraction of sp³-hybridized carbons (Fsp3) is 0.500. The van der Waals surface area contributed by atoms with Gasteiger partial charge in [0.1, 0.15) is 0 Å². The predicted molar refractivity (Wildman–Crippen MR) is 48.0 cm³/mol. The van der Waals surface area contributed by atoms with E-state index < -0.39 is 0 Å². The van der Waals surface area contributed by atoms with E-state index in [4.69, 9.17) is 5.26 Å². The predicted octanol–water partition coefficient (Wildman–Crippen LogP) is 3.20. The van der Waals surface area contributed by atoms with Crippen molar-refractivity contribution in [3.05, 3.63) is 23.3 Å². The fourth-order valence-electron chi connectivity index (χ4n) is 0.899. The highest BCUT2D eigenvalue weighted by Gasteiger charge is 1.90. The van der Waals surface area contributed by atoms with Gasteiger partial charge < -0.3 is 0 Å². The van der Waals surface area contributed by atoms with Crippen molar-refractivity contribution in [1.29, 1.82) is 5.26 Å². The number of hydrogen-bond acceptors (Lipinski definition) is 1. The third kappa shape index (κ3) is 4.38. The third-order valence-electron chi connectivity index (χ3n) is 1.49. The first-order valence-electron chi connectivity index (χ1n) is 3.98. The standard InChI is InChI=1S/C10H15N/c1-4-6-10(5-2)7-9(3)8-11/h5,7H,4,6H2,1-3H3/b9-7+,10-5-. The first-order valence-corrected chi connectivity index (χ1v) is 3.98. The molecule has 0 saturated carbocycles. The first kappa shape index (κ1) is 9.97. The molecule has 0 spiro atoms. The average Bonchev–Trinajstić information content (AvgIpc) is 2.03. The van der Waals surface area contributed by atoms with Crippen molar-refractivity contribution in [3.63, 3.8) is 0 Å². The molecule has 1 nitrogen and oxygen atoms in total. The van der Waals surface area contributed by atoms with E-state index >= 15 is 0 Å². The molecule has 0 heterocycles. The lowest BCUT2D eigenvalue weighted by atomic mass is 10.1. The summed E-state index contributed by atoms with van der Waals surface area (Å²) < 4.78 is 0. The molecule has 11 heavy (non-hydrogen) atoms. The van der Waals surface area contributed by atoms with Crippen LogP contribution in [0.1, 0.15) is 33.6 Å². The Morgan fingerprint density at radius 2 is 2.18 bits per heavy atom. The molecular weight excluding hydrogens is 134 g/mol. The van der Waals surface area contributed by atoms with Gasteiger partial charge in [0.15, 0.2) is 0 Å². The molecule has 0 rings (SSSR count). The summed E-state index contributed by atoms with van der Waals surface area (Å²) in [6.45, 7) is 5.98. The highest BCUT2D eigenvalue weighted by Crippen LogP contribution is 2.08. The Morgan fingerprint density at radius 1 is 1.55 bits per heavy atom. The lowest BCUT2D eigenvalue weighted by molar-refractivity contribution is 0.922. The topological polar surface area (TPSA) is 23.8 Å². The minimum absolute atomic E-state index is 0.784. The van der Waals surface area contributed by atoms with Gasteiger partial charge in [0.2, 0.25) is 0 Å². The summed E-state index contributed by atoms with van der Waals surface area (Å²) in [7, 11) is 0. The number of nitriles is 1. The monoisotopic (exact) mass is 149 g/mol. The van der Waals surface area contributed by atoms with E-state index in [0.29, 0.717) is 0 Å². The minimum Gasteiger partial charge on any atom is -0.193 e. The quantitative estimate of drug-likeness (QED) is 0.446. The molecule has 0 aliphatic rings. The van der Waals surface area contributed by atoms with Crippen molar-refractivity contribution in [2.24, 2.45) is 0 Å². The number of nitrogens with zero attached hydrogens (tertiary/aromatic N) is 1. The van der Waals surface area contributed by atoms with Gasteiger partial charge in [0.05, 0.1) is 6.07 Å². The minimum atomic E-state index is 0.784. The molecule has 0 atom stereocenters. The Morgan fingerprint density at radius 3 is 2.55 bits per heavy atom. The zero-order valence-corrected chi connectivity index (χ0v) is 7.52. The van der Waals surface area contributed by atoms with Crippen LogP contribution in [0, 0.1) is 11.3 Å². The summed E-state index contributed by atoms with van der Waals surface area (Å²) >= 11 is 0. The lowest BCUT2D eigenvalue weighted by Gasteiger charge is -1.96. The second-order valence-corrected chi connectivity index (χ2v) is 2.55. The molecule has 0 aromatic rings. The van der Waals surface area contributed by atoms with E-state index in [9.17, 15) is 0 Å². The van der Waals surface area contributed by atoms with Crippen LogP contribution >= 0.6 is 0 Å². The maximum Gasteiger partial charge on any atom is 0.0944 e. The Labute approximate surface area is 69.0 Å². The van der Waals surface area contributed by atoms with E-state index in [1.807, 2.05) is 19.9 Å². The van der Waals surface area contributed by atoms with Gasteiger partial charge in [0.25, 0.3) is 0 Å². The molecule has 1 heteroatoms. The van der Waals surface area contributed by atoms with Crippen molar-refractivity contribution < 1.29 is 0 Å². The van der Waals surface area contributed by atoms with Crippen molar-refractivity contribution in [3.8, 4) is 6.07 Å². The molecular formula is C10H15N.